The minimum Gasteiger partial charge on any atom is -0.271 e. The average Bonchev–Trinajstić information content (AvgIpc) is 4.45. The fraction of sp³-hybridized carbons (Fsp3) is 0.194. The van der Waals surface area contributed by atoms with E-state index in [0.717, 1.165) is 0 Å². The topological polar surface area (TPSA) is 3.01 Å². The molecule has 330 valence electrons. The van der Waals surface area contributed by atoms with E-state index in [1.165, 1.54) is 69.4 Å². The molecule has 1 nitrogen and oxygen atoms in total. The minimum atomic E-state index is -0.164. The van der Waals surface area contributed by atoms with Gasteiger partial charge in [0.1, 0.15) is 11.1 Å². The third kappa shape index (κ3) is 1.87. The van der Waals surface area contributed by atoms with Gasteiger partial charge in [-0.2, -0.15) is 0 Å². The van der Waals surface area contributed by atoms with Gasteiger partial charge < -0.3 is 0 Å². The third-order valence-electron chi connectivity index (χ3n) is 26.5. The van der Waals surface area contributed by atoms with Gasteiger partial charge in [0.05, 0.1) is 0 Å². The first-order valence-electron chi connectivity index (χ1n) is 29.2. The number of benzene rings is 18. The Kier molecular flexibility index (Phi) is 3.21. The zero-order chi connectivity index (χ0) is 45.3. The summed E-state index contributed by atoms with van der Waals surface area (Å²) in [6, 6.07) is 0. The van der Waals surface area contributed by atoms with Crippen molar-refractivity contribution >= 4 is 312 Å². The lowest BCUT2D eigenvalue weighted by molar-refractivity contribution is 0.410. The van der Waals surface area contributed by atoms with Crippen molar-refractivity contribution in [3.8, 4) is 0 Å². The molecule has 1 saturated heterocycles. The van der Waals surface area contributed by atoms with Crippen LogP contribution in [0.25, 0.3) is 291 Å². The second-order valence-corrected chi connectivity index (χ2v) is 30.1. The Morgan fingerprint density at radius 3 is 0.587 bits per heavy atom. The van der Waals surface area contributed by atoms with Gasteiger partial charge in [-0.05, 0) is 332 Å². The molecule has 0 bridgehead atoms. The molecule has 3 heteroatoms. The second kappa shape index (κ2) is 7.71. The van der Waals surface area contributed by atoms with Gasteiger partial charge in [-0.3, -0.25) is 4.90 Å². The molecule has 0 atom stereocenters. The van der Waals surface area contributed by atoms with Gasteiger partial charge in [-0.15, -0.1) is 0 Å². The van der Waals surface area contributed by atoms with E-state index in [2.05, 4.69) is 33.4 Å². The van der Waals surface area contributed by atoms with Crippen molar-refractivity contribution in [2.24, 2.45) is 0 Å². The van der Waals surface area contributed by atoms with Crippen molar-refractivity contribution in [1.82, 2.24) is 4.90 Å². The fourth-order valence-electron chi connectivity index (χ4n) is 26.0. The van der Waals surface area contributed by atoms with E-state index in [4.69, 9.17) is 0 Å². The van der Waals surface area contributed by atoms with Crippen molar-refractivity contribution in [3.63, 3.8) is 0 Å². The number of hydrogen-bond donors (Lipinski definition) is 0. The summed E-state index contributed by atoms with van der Waals surface area (Å²) in [5.74, 6) is 2.62. The van der Waals surface area contributed by atoms with E-state index in [0.29, 0.717) is 0 Å². The SMILES string of the molecule is CCCCCCSSCCCCCCN1C23c4c5c6c7c8c9c(c%10c%11c2c2c4c4c%12c5c5c6c6c8c8c%13c9c9c%10c%10c%11c%11c2c2c4c4c%12c%12c5c5c6c8c6c8c%13c9c9c%10c%10c%11c2c2c4c4c%12c5c6c5c8c9c%10c2c45)C713. The molecular weight excluding hydrogens is 943 g/mol. The van der Waals surface area contributed by atoms with Crippen molar-refractivity contribution in [2.75, 3.05) is 18.1 Å². The van der Waals surface area contributed by atoms with Crippen LogP contribution in [0.1, 0.15) is 80.5 Å². The Bertz CT molecular complexity index is 6620. The molecule has 28 aromatic rings. The highest BCUT2D eigenvalue weighted by molar-refractivity contribution is 8.76. The molecule has 4 aliphatic carbocycles. The van der Waals surface area contributed by atoms with E-state index >= 15 is 0 Å². The van der Waals surface area contributed by atoms with E-state index in [9.17, 15) is 0 Å². The molecule has 75 heavy (non-hydrogen) atoms. The van der Waals surface area contributed by atoms with E-state index in [1.807, 2.05) is 22.3 Å². The van der Waals surface area contributed by atoms with Gasteiger partial charge >= 0.3 is 0 Å². The molecular formula is C72H25NS2. The van der Waals surface area contributed by atoms with E-state index in [1.54, 1.807) is 291 Å². The molecule has 1 aliphatic heterocycles. The molecule has 0 radical (unpaired) electrons. The first-order valence-corrected chi connectivity index (χ1v) is 31.7. The maximum atomic E-state index is 3.32. The van der Waals surface area contributed by atoms with E-state index in [-0.39, 0.29) is 11.1 Å². The second-order valence-electron chi connectivity index (χ2n) is 27.4. The first-order chi connectivity index (χ1) is 37.4. The Labute approximate surface area is 424 Å². The van der Waals surface area contributed by atoms with Crippen LogP contribution in [0.5, 0.6) is 0 Å². The number of unbranched alkanes of at least 4 members (excludes halogenated alkanes) is 6. The molecule has 0 aromatic heterocycles. The van der Waals surface area contributed by atoms with Crippen LogP contribution in [0, 0.1) is 0 Å². The Morgan fingerprint density at radius 2 is 0.387 bits per heavy atom. The summed E-state index contributed by atoms with van der Waals surface area (Å²) < 4.78 is 0. The number of hydrogen-bond acceptors (Lipinski definition) is 3. The van der Waals surface area contributed by atoms with Gasteiger partial charge in [0.15, 0.2) is 0 Å². The van der Waals surface area contributed by atoms with Crippen LogP contribution in [-0.4, -0.2) is 23.0 Å². The van der Waals surface area contributed by atoms with Gasteiger partial charge in [0.2, 0.25) is 0 Å². The highest BCUT2D eigenvalue weighted by Crippen LogP contribution is 2.90. The van der Waals surface area contributed by atoms with Crippen LogP contribution in [0.2, 0.25) is 0 Å². The van der Waals surface area contributed by atoms with Crippen molar-refractivity contribution in [2.45, 2.75) is 69.4 Å². The maximum Gasteiger partial charge on any atom is 0.102 e. The summed E-state index contributed by atoms with van der Waals surface area (Å²) in [4.78, 5) is 3.32. The molecule has 5 aliphatic rings. The predicted octanol–water partition coefficient (Wildman–Crippen LogP) is 21.0. The maximum absolute atomic E-state index is 3.32. The quantitative estimate of drug-likeness (QED) is 0.0490. The molecule has 28 aromatic carbocycles. The lowest BCUT2D eigenvalue weighted by Gasteiger charge is -2.30. The molecule has 0 unspecified atom stereocenters. The third-order valence-corrected chi connectivity index (χ3v) is 29.1. The summed E-state index contributed by atoms with van der Waals surface area (Å²) in [5.41, 5.74) is 6.91. The van der Waals surface area contributed by atoms with Gasteiger partial charge in [-0.25, -0.2) is 0 Å². The van der Waals surface area contributed by atoms with Crippen LogP contribution in [0.15, 0.2) is 0 Å². The van der Waals surface area contributed by atoms with Gasteiger partial charge in [0.25, 0.3) is 0 Å². The zero-order valence-corrected chi connectivity index (χ0v) is 41.7. The molecule has 1 heterocycles. The van der Waals surface area contributed by atoms with Crippen LogP contribution in [-0.2, 0) is 11.1 Å². The summed E-state index contributed by atoms with van der Waals surface area (Å²) in [7, 11) is 4.30. The molecule has 0 N–H and O–H groups in total. The predicted molar refractivity (Wildman–Crippen MR) is 328 cm³/mol. The molecule has 0 amide bonds. The summed E-state index contributed by atoms with van der Waals surface area (Å²) in [6.45, 7) is 3.52. The van der Waals surface area contributed by atoms with Crippen LogP contribution in [0.3, 0.4) is 0 Å². The number of nitrogens with zero attached hydrogens (tertiary/aromatic N) is 1. The standard InChI is InChI=1S/C72H25NS2/c1-2-3-4-8-11-74-75-12-9-6-5-7-10-73-71-67-59-51-41-31-23-15-13-14-17-21-19(15)27-35-29(21)39-33-25(17)26-18(14)22-20-16(13)24(23)32-38-28(20)36-30(22)40-34(26)44-43(33)53-47(39)57-49(35)55(45(51)37(27)31)63(67)65(57)69-61(53)62-54(44)48(40)58-50(36)56-46(38)52(42(32)41)60(59)68(71)64(56)66(58)70(62)72(69,71)73/h2-12H2,1H3. The van der Waals surface area contributed by atoms with Crippen LogP contribution < -0.4 is 0 Å². The normalized spacial score (nSPS) is 22.6. The highest BCUT2D eigenvalue weighted by atomic mass is 33.1. The Hall–Kier alpha value is -6.88. The molecule has 0 saturated carbocycles. The molecule has 2 spiro atoms. The molecule has 33 rings (SSSR count). The average molecular weight is 968 g/mol. The van der Waals surface area contributed by atoms with E-state index < -0.39 is 0 Å². The fourth-order valence-corrected chi connectivity index (χ4v) is 28.2. The first kappa shape index (κ1) is 31.2. The zero-order valence-electron chi connectivity index (χ0n) is 40.0. The summed E-state index contributed by atoms with van der Waals surface area (Å²) in [5, 5.41) is 91.8. The lowest BCUT2D eigenvalue weighted by Crippen LogP contribution is -2.27. The largest absolute Gasteiger partial charge is 0.271 e. The van der Waals surface area contributed by atoms with Gasteiger partial charge in [-0.1, -0.05) is 60.6 Å². The van der Waals surface area contributed by atoms with Crippen LogP contribution in [0.4, 0.5) is 0 Å². The smallest absolute Gasteiger partial charge is 0.102 e. The highest BCUT2D eigenvalue weighted by Gasteiger charge is 2.85. The Balaban J connectivity index is 0.901. The molecule has 1 fully saturated rings. The van der Waals surface area contributed by atoms with Crippen LogP contribution >= 0.6 is 21.6 Å². The monoisotopic (exact) mass is 967 g/mol. The lowest BCUT2D eigenvalue weighted by atomic mass is 9.68. The summed E-state index contributed by atoms with van der Waals surface area (Å²) in [6.07, 6.45) is 10.8. The van der Waals surface area contributed by atoms with Crippen molar-refractivity contribution in [3.05, 3.63) is 22.3 Å². The summed E-state index contributed by atoms with van der Waals surface area (Å²) >= 11 is 0. The number of rotatable bonds is 13. The Morgan fingerprint density at radius 1 is 0.213 bits per heavy atom. The van der Waals surface area contributed by atoms with Crippen molar-refractivity contribution < 1.29 is 0 Å². The van der Waals surface area contributed by atoms with Crippen molar-refractivity contribution in [1.29, 1.82) is 0 Å². The van der Waals surface area contributed by atoms with Gasteiger partial charge in [0, 0.05) is 18.1 Å². The minimum absolute atomic E-state index is 0.164.